The van der Waals surface area contributed by atoms with Gasteiger partial charge in [-0.1, -0.05) is 164 Å². The van der Waals surface area contributed by atoms with Crippen molar-refractivity contribution in [2.24, 2.45) is 0 Å². The van der Waals surface area contributed by atoms with Gasteiger partial charge in [0.05, 0.1) is 11.4 Å². The molecular formula is C52H34N2S. The number of thiophene rings is 1. The monoisotopic (exact) mass is 718 g/mol. The van der Waals surface area contributed by atoms with Gasteiger partial charge in [0.15, 0.2) is 5.82 Å². The maximum absolute atomic E-state index is 5.30. The van der Waals surface area contributed by atoms with Crippen molar-refractivity contribution in [3.8, 4) is 78.4 Å². The third-order valence-corrected chi connectivity index (χ3v) is 11.5. The fourth-order valence-electron chi connectivity index (χ4n) is 7.53. The minimum absolute atomic E-state index is 0.696. The van der Waals surface area contributed by atoms with Crippen molar-refractivity contribution in [2.45, 2.75) is 0 Å². The summed E-state index contributed by atoms with van der Waals surface area (Å²) in [4.78, 5) is 10.5. The zero-order valence-corrected chi connectivity index (χ0v) is 30.7. The molecule has 0 unspecified atom stereocenters. The van der Waals surface area contributed by atoms with Gasteiger partial charge < -0.3 is 0 Å². The van der Waals surface area contributed by atoms with E-state index in [9.17, 15) is 0 Å². The van der Waals surface area contributed by atoms with E-state index in [1.165, 1.54) is 36.9 Å². The summed E-state index contributed by atoms with van der Waals surface area (Å²) in [6.07, 6.45) is 0. The van der Waals surface area contributed by atoms with Crippen molar-refractivity contribution in [3.63, 3.8) is 0 Å². The van der Waals surface area contributed by atoms with Crippen LogP contribution in [0.4, 0.5) is 0 Å². The van der Waals surface area contributed by atoms with E-state index in [0.29, 0.717) is 5.82 Å². The second-order valence-corrected chi connectivity index (χ2v) is 14.9. The zero-order chi connectivity index (χ0) is 36.6. The van der Waals surface area contributed by atoms with Crippen LogP contribution in [-0.2, 0) is 0 Å². The molecule has 10 rings (SSSR count). The summed E-state index contributed by atoms with van der Waals surface area (Å²) in [7, 11) is 0. The average molecular weight is 719 g/mol. The van der Waals surface area contributed by atoms with Gasteiger partial charge >= 0.3 is 0 Å². The molecule has 0 N–H and O–H groups in total. The zero-order valence-electron chi connectivity index (χ0n) is 29.9. The Morgan fingerprint density at radius 2 is 0.764 bits per heavy atom. The maximum atomic E-state index is 5.30. The van der Waals surface area contributed by atoms with Crippen LogP contribution in [0.1, 0.15) is 0 Å². The molecule has 2 heterocycles. The lowest BCUT2D eigenvalue weighted by Gasteiger charge is -2.15. The van der Waals surface area contributed by atoms with E-state index in [-0.39, 0.29) is 0 Å². The van der Waals surface area contributed by atoms with E-state index in [1.54, 1.807) is 0 Å². The first kappa shape index (κ1) is 32.7. The Morgan fingerprint density at radius 3 is 1.49 bits per heavy atom. The van der Waals surface area contributed by atoms with Crippen LogP contribution in [0.15, 0.2) is 206 Å². The molecule has 0 saturated heterocycles. The van der Waals surface area contributed by atoms with Crippen molar-refractivity contribution in [2.75, 3.05) is 0 Å². The molecule has 0 aliphatic rings. The predicted octanol–water partition coefficient (Wildman–Crippen LogP) is 14.5. The van der Waals surface area contributed by atoms with E-state index in [1.807, 2.05) is 29.5 Å². The van der Waals surface area contributed by atoms with Gasteiger partial charge in [0, 0.05) is 36.9 Å². The molecule has 0 saturated carbocycles. The molecule has 8 aromatic carbocycles. The topological polar surface area (TPSA) is 25.8 Å². The van der Waals surface area contributed by atoms with Crippen molar-refractivity contribution < 1.29 is 0 Å². The molecule has 258 valence electrons. The Labute approximate surface area is 324 Å². The van der Waals surface area contributed by atoms with Crippen molar-refractivity contribution >= 4 is 31.5 Å². The molecule has 0 spiro atoms. The number of aromatic nitrogens is 2. The number of fused-ring (bicyclic) bond motifs is 3. The second kappa shape index (κ2) is 14.1. The summed E-state index contributed by atoms with van der Waals surface area (Å²) >= 11 is 1.85. The van der Waals surface area contributed by atoms with Crippen LogP contribution in [0.5, 0.6) is 0 Å². The fourth-order valence-corrected chi connectivity index (χ4v) is 8.61. The molecular weight excluding hydrogens is 685 g/mol. The van der Waals surface area contributed by atoms with E-state index >= 15 is 0 Å². The first-order valence-electron chi connectivity index (χ1n) is 18.6. The molecule has 2 nitrogen and oxygen atoms in total. The largest absolute Gasteiger partial charge is 0.228 e. The van der Waals surface area contributed by atoms with Crippen LogP contribution in [0.25, 0.3) is 98.6 Å². The minimum Gasteiger partial charge on any atom is -0.228 e. The molecule has 10 aromatic rings. The van der Waals surface area contributed by atoms with Gasteiger partial charge in [-0.3, -0.25) is 0 Å². The Balaban J connectivity index is 1.18. The van der Waals surface area contributed by atoms with Gasteiger partial charge in [0.2, 0.25) is 0 Å². The van der Waals surface area contributed by atoms with Gasteiger partial charge in [0.25, 0.3) is 0 Å². The third kappa shape index (κ3) is 6.41. The maximum Gasteiger partial charge on any atom is 0.160 e. The molecule has 3 heteroatoms. The highest BCUT2D eigenvalue weighted by Crippen LogP contribution is 2.40. The molecule has 0 bridgehead atoms. The highest BCUT2D eigenvalue weighted by molar-refractivity contribution is 7.25. The minimum atomic E-state index is 0.696. The lowest BCUT2D eigenvalue weighted by atomic mass is 9.92. The summed E-state index contributed by atoms with van der Waals surface area (Å²) in [5, 5.41) is 2.58. The highest BCUT2D eigenvalue weighted by Gasteiger charge is 2.16. The third-order valence-electron chi connectivity index (χ3n) is 10.3. The highest BCUT2D eigenvalue weighted by atomic mass is 32.1. The van der Waals surface area contributed by atoms with Crippen molar-refractivity contribution in [3.05, 3.63) is 206 Å². The van der Waals surface area contributed by atoms with Gasteiger partial charge in [0.1, 0.15) is 0 Å². The summed E-state index contributed by atoms with van der Waals surface area (Å²) < 4.78 is 2.60. The van der Waals surface area contributed by atoms with Crippen LogP contribution in [0.2, 0.25) is 0 Å². The number of nitrogens with zero attached hydrogens (tertiary/aromatic N) is 2. The van der Waals surface area contributed by atoms with E-state index in [0.717, 1.165) is 55.9 Å². The Morgan fingerprint density at radius 1 is 0.273 bits per heavy atom. The number of benzene rings is 8. The van der Waals surface area contributed by atoms with E-state index in [2.05, 4.69) is 188 Å². The lowest BCUT2D eigenvalue weighted by molar-refractivity contribution is 1.18. The second-order valence-electron chi connectivity index (χ2n) is 13.8. The van der Waals surface area contributed by atoms with Crippen molar-refractivity contribution in [1.82, 2.24) is 9.97 Å². The molecule has 0 fully saturated rings. The first-order valence-corrected chi connectivity index (χ1v) is 19.4. The van der Waals surface area contributed by atoms with Crippen LogP contribution in [0.3, 0.4) is 0 Å². The van der Waals surface area contributed by atoms with Gasteiger partial charge in [-0.15, -0.1) is 11.3 Å². The van der Waals surface area contributed by atoms with Crippen LogP contribution in [0, 0.1) is 0 Å². The van der Waals surface area contributed by atoms with Gasteiger partial charge in [-0.2, -0.15) is 0 Å². The summed E-state index contributed by atoms with van der Waals surface area (Å²) in [5.41, 5.74) is 14.1. The van der Waals surface area contributed by atoms with Crippen LogP contribution >= 0.6 is 11.3 Å². The Bertz CT molecular complexity index is 2950. The molecule has 0 aliphatic heterocycles. The summed E-state index contributed by atoms with van der Waals surface area (Å²) in [6, 6.07) is 73.5. The molecule has 0 atom stereocenters. The van der Waals surface area contributed by atoms with Crippen LogP contribution in [-0.4, -0.2) is 9.97 Å². The number of hydrogen-bond acceptors (Lipinski definition) is 3. The number of rotatable bonds is 7. The molecule has 0 radical (unpaired) electrons. The van der Waals surface area contributed by atoms with Gasteiger partial charge in [-0.25, -0.2) is 9.97 Å². The Hall–Kier alpha value is -6.94. The average Bonchev–Trinajstić information content (AvgIpc) is 3.65. The summed E-state index contributed by atoms with van der Waals surface area (Å²) in [5.74, 6) is 0.696. The Kier molecular flexibility index (Phi) is 8.40. The smallest absolute Gasteiger partial charge is 0.160 e. The molecule has 0 aliphatic carbocycles. The normalized spacial score (nSPS) is 11.3. The molecule has 0 amide bonds. The number of hydrogen-bond donors (Lipinski definition) is 0. The molecule has 2 aromatic heterocycles. The van der Waals surface area contributed by atoms with E-state index < -0.39 is 0 Å². The van der Waals surface area contributed by atoms with Gasteiger partial charge in [-0.05, 0) is 87.0 Å². The summed E-state index contributed by atoms with van der Waals surface area (Å²) in [6.45, 7) is 0. The first-order chi connectivity index (χ1) is 27.2. The predicted molar refractivity (Wildman–Crippen MR) is 233 cm³/mol. The standard InChI is InChI=1S/C52H34N2S/c1-4-14-35(15-5-1)36-24-26-37(27-25-36)41-30-42(40-28-29-51-47(33-40)46-22-12-13-23-50(46)55-51)32-43(31-41)48-34-49(54-52(53-48)39-18-8-3-9-19-39)45-21-11-10-20-44(45)38-16-6-2-7-17-38/h1-34H. The quantitative estimate of drug-likeness (QED) is 0.164. The lowest BCUT2D eigenvalue weighted by Crippen LogP contribution is -1.97. The fraction of sp³-hybridized carbons (Fsp3) is 0. The van der Waals surface area contributed by atoms with Crippen LogP contribution < -0.4 is 0 Å². The van der Waals surface area contributed by atoms with E-state index in [4.69, 9.17) is 9.97 Å². The van der Waals surface area contributed by atoms with Crippen molar-refractivity contribution in [1.29, 1.82) is 0 Å². The molecule has 55 heavy (non-hydrogen) atoms. The SMILES string of the molecule is c1ccc(-c2ccc(-c3cc(-c4ccc5sc6ccccc6c5c4)cc(-c4cc(-c5ccccc5-c5ccccc5)nc(-c5ccccc5)n4)c3)cc2)cc1.